The summed E-state index contributed by atoms with van der Waals surface area (Å²) in [5.74, 6) is -1.34. The molecule has 0 saturated carbocycles. The van der Waals surface area contributed by atoms with Crippen LogP contribution in [-0.4, -0.2) is 21.7 Å². The van der Waals surface area contributed by atoms with Crippen LogP contribution in [0.4, 0.5) is 8.78 Å². The lowest BCUT2D eigenvalue weighted by molar-refractivity contribution is -0.0765. The predicted octanol–water partition coefficient (Wildman–Crippen LogP) is 4.37. The molecule has 6 heteroatoms. The maximum Gasteiger partial charge on any atom is 0.276 e. The number of rotatable bonds is 3. The second-order valence-electron chi connectivity index (χ2n) is 7.04. The van der Waals surface area contributed by atoms with Crippen LogP contribution in [-0.2, 0) is 5.72 Å². The molecule has 1 N–H and O–H groups in total. The van der Waals surface area contributed by atoms with E-state index in [0.29, 0.717) is 22.4 Å². The van der Waals surface area contributed by atoms with Crippen molar-refractivity contribution in [1.82, 2.24) is 5.01 Å². The Morgan fingerprint density at radius 2 is 1.48 bits per heavy atom. The molecule has 0 spiro atoms. The Kier molecular flexibility index (Phi) is 4.72. The molecule has 4 rings (SSSR count). The average Bonchev–Trinajstić information content (AvgIpc) is 3.07. The maximum absolute atomic E-state index is 13.4. The second kappa shape index (κ2) is 7.22. The average molecular weight is 392 g/mol. The molecule has 3 aromatic carbocycles. The maximum atomic E-state index is 13.4. The van der Waals surface area contributed by atoms with Gasteiger partial charge in [-0.1, -0.05) is 42.0 Å². The lowest BCUT2D eigenvalue weighted by atomic mass is 9.94. The first-order valence-corrected chi connectivity index (χ1v) is 9.10. The van der Waals surface area contributed by atoms with Crippen LogP contribution in [0.2, 0.25) is 0 Å². The van der Waals surface area contributed by atoms with Gasteiger partial charge in [-0.05, 0) is 48.9 Å². The molecular weight excluding hydrogens is 374 g/mol. The summed E-state index contributed by atoms with van der Waals surface area (Å²) in [6.45, 7) is 1.91. The van der Waals surface area contributed by atoms with Crippen molar-refractivity contribution >= 4 is 11.6 Å². The Labute approximate surface area is 166 Å². The Hall–Kier alpha value is -3.38. The zero-order chi connectivity index (χ0) is 20.6. The molecule has 0 radical (unpaired) electrons. The quantitative estimate of drug-likeness (QED) is 0.720. The van der Waals surface area contributed by atoms with Crippen molar-refractivity contribution in [2.75, 3.05) is 0 Å². The van der Waals surface area contributed by atoms with Crippen molar-refractivity contribution in [3.63, 3.8) is 0 Å². The molecule has 29 heavy (non-hydrogen) atoms. The highest BCUT2D eigenvalue weighted by Crippen LogP contribution is 2.38. The van der Waals surface area contributed by atoms with E-state index in [4.69, 9.17) is 0 Å². The van der Waals surface area contributed by atoms with Crippen LogP contribution in [0, 0.1) is 18.6 Å². The van der Waals surface area contributed by atoms with Crippen LogP contribution in [0.1, 0.15) is 33.5 Å². The minimum Gasteiger partial charge on any atom is -0.365 e. The zero-order valence-corrected chi connectivity index (χ0v) is 15.6. The first-order valence-electron chi connectivity index (χ1n) is 9.10. The van der Waals surface area contributed by atoms with E-state index in [1.807, 2.05) is 6.92 Å². The summed E-state index contributed by atoms with van der Waals surface area (Å²) in [4.78, 5) is 13.2. The van der Waals surface area contributed by atoms with Crippen LogP contribution < -0.4 is 0 Å². The predicted molar refractivity (Wildman–Crippen MR) is 105 cm³/mol. The van der Waals surface area contributed by atoms with Gasteiger partial charge in [0, 0.05) is 17.5 Å². The van der Waals surface area contributed by atoms with E-state index >= 15 is 0 Å². The number of halogens is 2. The fourth-order valence-corrected chi connectivity index (χ4v) is 3.32. The van der Waals surface area contributed by atoms with Crippen LogP contribution in [0.5, 0.6) is 0 Å². The van der Waals surface area contributed by atoms with E-state index in [9.17, 15) is 18.7 Å². The van der Waals surface area contributed by atoms with Crippen molar-refractivity contribution < 1.29 is 18.7 Å². The molecule has 0 bridgehead atoms. The van der Waals surface area contributed by atoms with Crippen LogP contribution >= 0.6 is 0 Å². The molecule has 1 atom stereocenters. The number of aliphatic hydroxyl groups is 1. The number of hydrazone groups is 1. The minimum absolute atomic E-state index is 0.0120. The molecule has 1 amide bonds. The lowest BCUT2D eigenvalue weighted by Crippen LogP contribution is -2.43. The number of hydrogen-bond acceptors (Lipinski definition) is 3. The third-order valence-corrected chi connectivity index (χ3v) is 4.96. The standard InChI is InChI=1S/C23H18F2N2O2/c1-15-2-4-17(5-3-15)22(28)27-23(29,18-8-12-20(25)13-9-18)14-21(26-27)16-6-10-19(24)11-7-16/h2-13,29H,14H2,1H3. The smallest absolute Gasteiger partial charge is 0.276 e. The fourth-order valence-electron chi connectivity index (χ4n) is 3.32. The van der Waals surface area contributed by atoms with E-state index in [0.717, 1.165) is 10.6 Å². The van der Waals surface area contributed by atoms with Crippen LogP contribution in [0.25, 0.3) is 0 Å². The van der Waals surface area contributed by atoms with Crippen molar-refractivity contribution in [3.8, 4) is 0 Å². The van der Waals surface area contributed by atoms with Gasteiger partial charge in [0.05, 0.1) is 5.71 Å². The van der Waals surface area contributed by atoms with Gasteiger partial charge in [0.25, 0.3) is 5.91 Å². The van der Waals surface area contributed by atoms with Crippen molar-refractivity contribution in [1.29, 1.82) is 0 Å². The zero-order valence-electron chi connectivity index (χ0n) is 15.6. The van der Waals surface area contributed by atoms with Gasteiger partial charge in [-0.2, -0.15) is 10.1 Å². The van der Waals surface area contributed by atoms with E-state index in [1.165, 1.54) is 36.4 Å². The van der Waals surface area contributed by atoms with E-state index in [2.05, 4.69) is 5.10 Å². The molecule has 146 valence electrons. The summed E-state index contributed by atoms with van der Waals surface area (Å²) >= 11 is 0. The number of carbonyl (C=O) groups is 1. The molecule has 1 aliphatic heterocycles. The number of aryl methyl sites for hydroxylation is 1. The highest BCUT2D eigenvalue weighted by atomic mass is 19.1. The van der Waals surface area contributed by atoms with Gasteiger partial charge in [0.1, 0.15) is 11.6 Å². The number of hydrogen-bond donors (Lipinski definition) is 1. The molecule has 0 aromatic heterocycles. The summed E-state index contributed by atoms with van der Waals surface area (Å²) < 4.78 is 26.7. The van der Waals surface area contributed by atoms with Gasteiger partial charge in [-0.15, -0.1) is 0 Å². The molecule has 3 aromatic rings. The van der Waals surface area contributed by atoms with E-state index in [1.54, 1.807) is 36.4 Å². The molecule has 0 aliphatic carbocycles. The summed E-state index contributed by atoms with van der Waals surface area (Å²) in [5, 5.41) is 16.9. The Morgan fingerprint density at radius 3 is 2.07 bits per heavy atom. The number of amides is 1. The fraction of sp³-hybridized carbons (Fsp3) is 0.130. The van der Waals surface area contributed by atoms with Crippen LogP contribution in [0.15, 0.2) is 77.9 Å². The Balaban J connectivity index is 1.78. The highest BCUT2D eigenvalue weighted by Gasteiger charge is 2.46. The SMILES string of the molecule is Cc1ccc(C(=O)N2N=C(c3ccc(F)cc3)CC2(O)c2ccc(F)cc2)cc1. The molecule has 0 saturated heterocycles. The first-order chi connectivity index (χ1) is 13.9. The molecular formula is C23H18F2N2O2. The van der Waals surface area contributed by atoms with Gasteiger partial charge in [-0.3, -0.25) is 4.79 Å². The molecule has 1 aliphatic rings. The summed E-state index contributed by atoms with van der Waals surface area (Å²) in [7, 11) is 0. The summed E-state index contributed by atoms with van der Waals surface area (Å²) in [6.07, 6.45) is -0.0120. The van der Waals surface area contributed by atoms with Crippen molar-refractivity contribution in [2.45, 2.75) is 19.1 Å². The minimum atomic E-state index is -1.79. The molecule has 4 nitrogen and oxygen atoms in total. The van der Waals surface area contributed by atoms with Gasteiger partial charge >= 0.3 is 0 Å². The number of benzene rings is 3. The third kappa shape index (κ3) is 3.54. The van der Waals surface area contributed by atoms with Gasteiger partial charge in [0.2, 0.25) is 0 Å². The van der Waals surface area contributed by atoms with Crippen molar-refractivity contribution in [2.24, 2.45) is 5.10 Å². The number of carbonyl (C=O) groups excluding carboxylic acids is 1. The Morgan fingerprint density at radius 1 is 0.931 bits per heavy atom. The van der Waals surface area contributed by atoms with E-state index < -0.39 is 23.3 Å². The largest absolute Gasteiger partial charge is 0.365 e. The lowest BCUT2D eigenvalue weighted by Gasteiger charge is -2.31. The highest BCUT2D eigenvalue weighted by molar-refractivity contribution is 6.05. The monoisotopic (exact) mass is 392 g/mol. The molecule has 1 heterocycles. The summed E-state index contributed by atoms with van der Waals surface area (Å²) in [5.41, 5.74) is 0.913. The van der Waals surface area contributed by atoms with Crippen LogP contribution in [0.3, 0.4) is 0 Å². The Bertz CT molecular complexity index is 1080. The topological polar surface area (TPSA) is 52.9 Å². The molecule has 0 fully saturated rings. The van der Waals surface area contributed by atoms with Crippen molar-refractivity contribution in [3.05, 3.63) is 107 Å². The van der Waals surface area contributed by atoms with Gasteiger partial charge in [0.15, 0.2) is 5.72 Å². The van der Waals surface area contributed by atoms with E-state index in [-0.39, 0.29) is 6.42 Å². The third-order valence-electron chi connectivity index (χ3n) is 4.96. The first kappa shape index (κ1) is 19.0. The van der Waals surface area contributed by atoms with Gasteiger partial charge < -0.3 is 5.11 Å². The molecule has 1 unspecified atom stereocenters. The summed E-state index contributed by atoms with van der Waals surface area (Å²) in [6, 6.07) is 17.9. The number of nitrogens with zero attached hydrogens (tertiary/aromatic N) is 2. The van der Waals surface area contributed by atoms with Gasteiger partial charge in [-0.25, -0.2) is 8.78 Å². The normalized spacial score (nSPS) is 18.6. The second-order valence-corrected chi connectivity index (χ2v) is 7.04.